The van der Waals surface area contributed by atoms with Gasteiger partial charge in [-0.15, -0.1) is 0 Å². The van der Waals surface area contributed by atoms with E-state index in [2.05, 4.69) is 23.1 Å². The third-order valence-electron chi connectivity index (χ3n) is 9.94. The molecule has 0 saturated heterocycles. The van der Waals surface area contributed by atoms with E-state index in [-0.39, 0.29) is 0 Å². The quantitative estimate of drug-likeness (QED) is 0.291. The summed E-state index contributed by atoms with van der Waals surface area (Å²) < 4.78 is 0. The highest BCUT2D eigenvalue weighted by Gasteiger charge is 2.25. The Kier molecular flexibility index (Phi) is 8.22. The molecule has 0 heterocycles. The molecule has 3 N–H and O–H groups in total. The summed E-state index contributed by atoms with van der Waals surface area (Å²) >= 11 is 0. The molecule has 0 atom stereocenters. The summed E-state index contributed by atoms with van der Waals surface area (Å²) in [5.74, 6) is 2.30. The average Bonchev–Trinajstić information content (AvgIpc) is 3.01. The summed E-state index contributed by atoms with van der Waals surface area (Å²) in [6.45, 7) is 0. The highest BCUT2D eigenvalue weighted by Crippen LogP contribution is 2.46. The predicted octanol–water partition coefficient (Wildman–Crippen LogP) is 10.4. The number of anilines is 3. The second-order valence-electron chi connectivity index (χ2n) is 12.6. The van der Waals surface area contributed by atoms with E-state index in [0.29, 0.717) is 35.0 Å². The molecular weight excluding hydrogens is 494 g/mol. The third kappa shape index (κ3) is 5.68. The molecule has 0 unspecified atom stereocenters. The minimum absolute atomic E-state index is 0.380. The van der Waals surface area contributed by atoms with E-state index < -0.39 is 0 Å². The van der Waals surface area contributed by atoms with E-state index in [0.717, 1.165) is 72.3 Å². The Morgan fingerprint density at radius 3 is 0.950 bits per heavy atom. The van der Waals surface area contributed by atoms with Gasteiger partial charge in [0.1, 0.15) is 17.2 Å². The summed E-state index contributed by atoms with van der Waals surface area (Å²) in [4.78, 5) is 2.27. The van der Waals surface area contributed by atoms with Gasteiger partial charge in [0.2, 0.25) is 0 Å². The monoisotopic (exact) mass is 539 g/mol. The average molecular weight is 540 g/mol. The van der Waals surface area contributed by atoms with Crippen molar-refractivity contribution in [3.05, 3.63) is 71.3 Å². The van der Waals surface area contributed by atoms with Gasteiger partial charge in [-0.2, -0.15) is 0 Å². The van der Waals surface area contributed by atoms with Crippen LogP contribution in [-0.2, 0) is 0 Å². The van der Waals surface area contributed by atoms with Crippen LogP contribution >= 0.6 is 0 Å². The van der Waals surface area contributed by atoms with Crippen molar-refractivity contribution in [1.82, 2.24) is 0 Å². The maximum absolute atomic E-state index is 10.9. The van der Waals surface area contributed by atoms with Gasteiger partial charge in [0.05, 0.1) is 0 Å². The molecule has 3 saturated carbocycles. The highest BCUT2D eigenvalue weighted by atomic mass is 16.3. The Labute approximate surface area is 239 Å². The number of phenols is 3. The van der Waals surface area contributed by atoms with Crippen molar-refractivity contribution < 1.29 is 15.3 Å². The maximum Gasteiger partial charge on any atom is 0.119 e. The lowest BCUT2D eigenvalue weighted by Gasteiger charge is -2.31. The molecule has 3 aromatic rings. The van der Waals surface area contributed by atoms with Crippen LogP contribution < -0.4 is 4.90 Å². The van der Waals surface area contributed by atoms with Crippen LogP contribution in [0, 0.1) is 0 Å². The lowest BCUT2D eigenvalue weighted by Crippen LogP contribution is -2.14. The van der Waals surface area contributed by atoms with Crippen LogP contribution in [0.1, 0.15) is 131 Å². The molecular formula is C36H45NO3. The standard InChI is InChI=1S/C36H45NO3/c38-34-19-16-28(22-31(34)25-10-4-1-5-11-25)37(29-17-20-35(39)32(23-29)26-12-6-2-7-13-26)30-18-21-36(40)33(24-30)27-14-8-3-9-15-27/h16-27,38-40H,1-15H2. The first-order chi connectivity index (χ1) is 19.6. The Bertz CT molecular complexity index is 1140. The third-order valence-corrected chi connectivity index (χ3v) is 9.94. The molecule has 3 fully saturated rings. The van der Waals surface area contributed by atoms with Gasteiger partial charge < -0.3 is 20.2 Å². The van der Waals surface area contributed by atoms with Crippen molar-refractivity contribution in [1.29, 1.82) is 0 Å². The number of hydrogen-bond acceptors (Lipinski definition) is 4. The van der Waals surface area contributed by atoms with Crippen molar-refractivity contribution in [2.24, 2.45) is 0 Å². The molecule has 212 valence electrons. The van der Waals surface area contributed by atoms with E-state index in [1.807, 2.05) is 36.4 Å². The minimum atomic E-state index is 0.380. The maximum atomic E-state index is 10.9. The zero-order valence-electron chi connectivity index (χ0n) is 23.8. The van der Waals surface area contributed by atoms with Crippen LogP contribution in [0.15, 0.2) is 54.6 Å². The van der Waals surface area contributed by atoms with Gasteiger partial charge in [-0.05, 0) is 128 Å². The zero-order chi connectivity index (χ0) is 27.5. The van der Waals surface area contributed by atoms with E-state index in [4.69, 9.17) is 0 Å². The van der Waals surface area contributed by atoms with Crippen molar-refractivity contribution in [3.8, 4) is 17.2 Å². The van der Waals surface area contributed by atoms with E-state index in [1.165, 1.54) is 57.8 Å². The number of nitrogens with zero attached hydrogens (tertiary/aromatic N) is 1. The van der Waals surface area contributed by atoms with E-state index >= 15 is 0 Å². The molecule has 0 spiro atoms. The second-order valence-corrected chi connectivity index (χ2v) is 12.6. The Hall–Kier alpha value is -3.14. The van der Waals surface area contributed by atoms with Gasteiger partial charge in [0.25, 0.3) is 0 Å². The van der Waals surface area contributed by atoms with Crippen LogP contribution in [0.3, 0.4) is 0 Å². The van der Waals surface area contributed by atoms with Crippen LogP contribution in [0.2, 0.25) is 0 Å². The minimum Gasteiger partial charge on any atom is -0.508 e. The molecule has 0 radical (unpaired) electrons. The van der Waals surface area contributed by atoms with Crippen LogP contribution in [0.5, 0.6) is 17.2 Å². The number of hydrogen-bond donors (Lipinski definition) is 3. The Balaban J connectivity index is 1.46. The highest BCUT2D eigenvalue weighted by molar-refractivity contribution is 5.79. The summed E-state index contributed by atoms with van der Waals surface area (Å²) in [5.41, 5.74) is 6.16. The fourth-order valence-electron chi connectivity index (χ4n) is 7.71. The fraction of sp³-hybridized carbons (Fsp3) is 0.500. The molecule has 3 aliphatic rings. The van der Waals surface area contributed by atoms with Crippen molar-refractivity contribution in [3.63, 3.8) is 0 Å². The van der Waals surface area contributed by atoms with Gasteiger partial charge in [-0.25, -0.2) is 0 Å². The van der Waals surface area contributed by atoms with Gasteiger partial charge in [-0.3, -0.25) is 0 Å². The smallest absolute Gasteiger partial charge is 0.119 e. The topological polar surface area (TPSA) is 63.9 Å². The van der Waals surface area contributed by atoms with Gasteiger partial charge in [-0.1, -0.05) is 57.8 Å². The lowest BCUT2D eigenvalue weighted by atomic mass is 9.82. The molecule has 40 heavy (non-hydrogen) atoms. The number of phenolic OH excluding ortho intramolecular Hbond substituents is 3. The van der Waals surface area contributed by atoms with Crippen molar-refractivity contribution in [2.45, 2.75) is 114 Å². The molecule has 4 nitrogen and oxygen atoms in total. The first-order valence-electron chi connectivity index (χ1n) is 15.9. The first-order valence-corrected chi connectivity index (χ1v) is 15.9. The first kappa shape index (κ1) is 27.1. The fourth-order valence-corrected chi connectivity index (χ4v) is 7.71. The van der Waals surface area contributed by atoms with Crippen LogP contribution in [-0.4, -0.2) is 15.3 Å². The van der Waals surface area contributed by atoms with Gasteiger partial charge in [0.15, 0.2) is 0 Å². The molecule has 0 amide bonds. The van der Waals surface area contributed by atoms with Gasteiger partial charge >= 0.3 is 0 Å². The lowest BCUT2D eigenvalue weighted by molar-refractivity contribution is 0.414. The van der Waals surface area contributed by atoms with Crippen LogP contribution in [0.25, 0.3) is 0 Å². The van der Waals surface area contributed by atoms with Gasteiger partial charge in [0, 0.05) is 17.1 Å². The summed E-state index contributed by atoms with van der Waals surface area (Å²) in [7, 11) is 0. The zero-order valence-corrected chi connectivity index (χ0v) is 23.8. The summed E-state index contributed by atoms with van der Waals surface area (Å²) in [5, 5.41) is 32.8. The Morgan fingerprint density at radius 1 is 0.400 bits per heavy atom. The molecule has 6 rings (SSSR count). The normalized spacial score (nSPS) is 19.5. The Morgan fingerprint density at radius 2 is 0.675 bits per heavy atom. The number of rotatable bonds is 6. The number of aromatic hydroxyl groups is 3. The predicted molar refractivity (Wildman–Crippen MR) is 164 cm³/mol. The largest absolute Gasteiger partial charge is 0.508 e. The van der Waals surface area contributed by atoms with E-state index in [1.54, 1.807) is 0 Å². The second kappa shape index (κ2) is 12.2. The summed E-state index contributed by atoms with van der Waals surface area (Å²) in [6, 6.07) is 18.2. The molecule has 4 heteroatoms. The number of benzene rings is 3. The molecule has 0 aliphatic heterocycles. The van der Waals surface area contributed by atoms with Crippen molar-refractivity contribution >= 4 is 17.1 Å². The molecule has 0 aromatic heterocycles. The van der Waals surface area contributed by atoms with E-state index in [9.17, 15) is 15.3 Å². The SMILES string of the molecule is Oc1ccc(N(c2ccc(O)c(C3CCCCC3)c2)c2ccc(O)c(C3CCCCC3)c2)cc1C1CCCCC1. The molecule has 3 aromatic carbocycles. The molecule has 0 bridgehead atoms. The van der Waals surface area contributed by atoms with Crippen LogP contribution in [0.4, 0.5) is 17.1 Å². The molecule has 3 aliphatic carbocycles. The summed E-state index contributed by atoms with van der Waals surface area (Å²) in [6.07, 6.45) is 17.8. The van der Waals surface area contributed by atoms with Crippen molar-refractivity contribution in [2.75, 3.05) is 4.90 Å².